The second-order valence-corrected chi connectivity index (χ2v) is 6.03. The van der Waals surface area contributed by atoms with Crippen LogP contribution in [-0.4, -0.2) is 22.3 Å². The molecule has 0 aliphatic heterocycles. The van der Waals surface area contributed by atoms with Crippen LogP contribution < -0.4 is 5.43 Å². The molecule has 1 amide bonds. The predicted molar refractivity (Wildman–Crippen MR) is 105 cm³/mol. The van der Waals surface area contributed by atoms with Crippen LogP contribution in [0.15, 0.2) is 71.3 Å². The van der Waals surface area contributed by atoms with Crippen molar-refractivity contribution in [2.45, 2.75) is 13.8 Å². The number of hydrogen-bond acceptors (Lipinski definition) is 3. The quantitative estimate of drug-likeness (QED) is 0.538. The molecule has 2 aromatic carbocycles. The van der Waals surface area contributed by atoms with E-state index in [1.807, 2.05) is 74.5 Å². The Labute approximate surface area is 152 Å². The molecule has 5 nitrogen and oxygen atoms in total. The fourth-order valence-electron chi connectivity index (χ4n) is 2.41. The molecule has 0 aliphatic rings. The van der Waals surface area contributed by atoms with Crippen molar-refractivity contribution in [1.82, 2.24) is 15.6 Å². The summed E-state index contributed by atoms with van der Waals surface area (Å²) in [5.41, 5.74) is 7.74. The third-order valence-electron chi connectivity index (χ3n) is 3.80. The highest BCUT2D eigenvalue weighted by Gasteiger charge is 2.10. The van der Waals surface area contributed by atoms with Crippen LogP contribution in [-0.2, 0) is 0 Å². The number of carbonyl (C=O) groups is 1. The summed E-state index contributed by atoms with van der Waals surface area (Å²) in [6.07, 6.45) is 3.60. The van der Waals surface area contributed by atoms with E-state index in [9.17, 15) is 4.79 Å². The third kappa shape index (κ3) is 4.54. The van der Waals surface area contributed by atoms with E-state index in [0.29, 0.717) is 5.69 Å². The van der Waals surface area contributed by atoms with Crippen LogP contribution in [0, 0.1) is 6.92 Å². The molecular formula is C21H20N4O. The standard InChI is InChI=1S/C21H20N4O/c1-15-8-10-18(11-9-15)19-13-20(24-23-19)21(26)25-22-14-16(2)12-17-6-4-3-5-7-17/h3-14H,1-2H3,(H,23,24)(H,25,26)/b16-12-,22-14+. The van der Waals surface area contributed by atoms with E-state index < -0.39 is 0 Å². The fraction of sp³-hybridized carbons (Fsp3) is 0.0952. The molecule has 0 fully saturated rings. The zero-order chi connectivity index (χ0) is 18.4. The summed E-state index contributed by atoms with van der Waals surface area (Å²) in [7, 11) is 0. The maximum atomic E-state index is 12.2. The first kappa shape index (κ1) is 17.4. The Bertz CT molecular complexity index is 938. The Balaban J connectivity index is 1.62. The fourth-order valence-corrected chi connectivity index (χ4v) is 2.41. The minimum absolute atomic E-state index is 0.334. The maximum Gasteiger partial charge on any atom is 0.289 e. The number of hydrogen-bond donors (Lipinski definition) is 2. The molecule has 0 radical (unpaired) electrons. The Kier molecular flexibility index (Phi) is 5.39. The second kappa shape index (κ2) is 8.07. The van der Waals surface area contributed by atoms with E-state index in [0.717, 1.165) is 22.4 Å². The normalized spacial score (nSPS) is 11.7. The summed E-state index contributed by atoms with van der Waals surface area (Å²) < 4.78 is 0. The summed E-state index contributed by atoms with van der Waals surface area (Å²) in [5.74, 6) is -0.334. The molecule has 1 aromatic heterocycles. The largest absolute Gasteiger partial charge is 0.289 e. The van der Waals surface area contributed by atoms with Gasteiger partial charge in [0.05, 0.1) is 11.9 Å². The summed E-state index contributed by atoms with van der Waals surface area (Å²) in [6.45, 7) is 3.95. The van der Waals surface area contributed by atoms with Gasteiger partial charge in [0, 0.05) is 5.56 Å². The van der Waals surface area contributed by atoms with Gasteiger partial charge >= 0.3 is 0 Å². The number of aryl methyl sites for hydroxylation is 1. The van der Waals surface area contributed by atoms with Crippen molar-refractivity contribution in [2.24, 2.45) is 5.10 Å². The first-order valence-electron chi connectivity index (χ1n) is 8.31. The molecule has 3 rings (SSSR count). The summed E-state index contributed by atoms with van der Waals surface area (Å²) in [6, 6.07) is 19.6. The van der Waals surface area contributed by atoms with Gasteiger partial charge in [0.1, 0.15) is 5.69 Å². The lowest BCUT2D eigenvalue weighted by molar-refractivity contribution is 0.0950. The number of rotatable bonds is 5. The van der Waals surface area contributed by atoms with Crippen molar-refractivity contribution >= 4 is 18.2 Å². The Hall–Kier alpha value is -3.47. The number of aromatic nitrogens is 2. The molecule has 0 atom stereocenters. The van der Waals surface area contributed by atoms with Crippen LogP contribution >= 0.6 is 0 Å². The monoisotopic (exact) mass is 344 g/mol. The lowest BCUT2D eigenvalue weighted by atomic mass is 10.1. The van der Waals surface area contributed by atoms with Crippen molar-refractivity contribution < 1.29 is 4.79 Å². The molecule has 5 heteroatoms. The lowest BCUT2D eigenvalue weighted by Gasteiger charge is -1.97. The van der Waals surface area contributed by atoms with Crippen LogP contribution in [0.3, 0.4) is 0 Å². The molecule has 130 valence electrons. The molecular weight excluding hydrogens is 324 g/mol. The number of nitrogens with zero attached hydrogens (tertiary/aromatic N) is 2. The number of amides is 1. The van der Waals surface area contributed by atoms with E-state index in [4.69, 9.17) is 0 Å². The van der Waals surface area contributed by atoms with Gasteiger partial charge < -0.3 is 0 Å². The van der Waals surface area contributed by atoms with Crippen LogP contribution in [0.5, 0.6) is 0 Å². The van der Waals surface area contributed by atoms with E-state index in [2.05, 4.69) is 20.7 Å². The molecule has 3 aromatic rings. The van der Waals surface area contributed by atoms with E-state index in [1.54, 1.807) is 12.3 Å². The van der Waals surface area contributed by atoms with E-state index in [1.165, 1.54) is 5.56 Å². The van der Waals surface area contributed by atoms with Gasteiger partial charge in [-0.05, 0) is 31.1 Å². The third-order valence-corrected chi connectivity index (χ3v) is 3.80. The maximum absolute atomic E-state index is 12.2. The van der Waals surface area contributed by atoms with Gasteiger partial charge in [-0.15, -0.1) is 0 Å². The van der Waals surface area contributed by atoms with Crippen LogP contribution in [0.1, 0.15) is 28.5 Å². The van der Waals surface area contributed by atoms with Crippen molar-refractivity contribution in [2.75, 3.05) is 0 Å². The van der Waals surface area contributed by atoms with E-state index in [-0.39, 0.29) is 5.91 Å². The molecule has 1 heterocycles. The van der Waals surface area contributed by atoms with Crippen LogP contribution in [0.25, 0.3) is 17.3 Å². The number of H-pyrrole nitrogens is 1. The Morgan fingerprint density at radius 2 is 1.85 bits per heavy atom. The molecule has 0 saturated carbocycles. The van der Waals surface area contributed by atoms with Gasteiger partial charge in [-0.25, -0.2) is 5.43 Å². The predicted octanol–water partition coefficient (Wildman–Crippen LogP) is 4.20. The molecule has 0 unspecified atom stereocenters. The highest BCUT2D eigenvalue weighted by molar-refractivity contribution is 5.94. The average Bonchev–Trinajstić information content (AvgIpc) is 3.13. The first-order valence-corrected chi connectivity index (χ1v) is 8.31. The molecule has 26 heavy (non-hydrogen) atoms. The van der Waals surface area contributed by atoms with Crippen molar-refractivity contribution in [3.05, 3.63) is 83.1 Å². The Morgan fingerprint density at radius 1 is 1.12 bits per heavy atom. The zero-order valence-corrected chi connectivity index (χ0v) is 14.7. The molecule has 0 bridgehead atoms. The van der Waals surface area contributed by atoms with Gasteiger partial charge in [-0.3, -0.25) is 9.89 Å². The molecule has 0 spiro atoms. The van der Waals surface area contributed by atoms with Gasteiger partial charge in [0.2, 0.25) is 0 Å². The van der Waals surface area contributed by atoms with Crippen molar-refractivity contribution in [3.63, 3.8) is 0 Å². The number of allylic oxidation sites excluding steroid dienone is 1. The molecule has 2 N–H and O–H groups in total. The highest BCUT2D eigenvalue weighted by atomic mass is 16.2. The summed E-state index contributed by atoms with van der Waals surface area (Å²) in [4.78, 5) is 12.2. The molecule has 0 aliphatic carbocycles. The zero-order valence-electron chi connectivity index (χ0n) is 14.7. The average molecular weight is 344 g/mol. The topological polar surface area (TPSA) is 70.1 Å². The van der Waals surface area contributed by atoms with Gasteiger partial charge in [0.15, 0.2) is 0 Å². The Morgan fingerprint density at radius 3 is 2.58 bits per heavy atom. The number of nitrogens with one attached hydrogen (secondary N) is 2. The van der Waals surface area contributed by atoms with Gasteiger partial charge in [-0.2, -0.15) is 10.2 Å². The van der Waals surface area contributed by atoms with Crippen LogP contribution in [0.4, 0.5) is 0 Å². The summed E-state index contributed by atoms with van der Waals surface area (Å²) in [5, 5.41) is 10.9. The highest BCUT2D eigenvalue weighted by Crippen LogP contribution is 2.18. The van der Waals surface area contributed by atoms with Gasteiger partial charge in [-0.1, -0.05) is 66.2 Å². The van der Waals surface area contributed by atoms with Crippen LogP contribution in [0.2, 0.25) is 0 Å². The lowest BCUT2D eigenvalue weighted by Crippen LogP contribution is -2.17. The molecule has 0 saturated heterocycles. The van der Waals surface area contributed by atoms with Crippen molar-refractivity contribution in [1.29, 1.82) is 0 Å². The number of benzene rings is 2. The minimum Gasteiger partial charge on any atom is -0.272 e. The SMILES string of the molecule is CC(=C/c1ccccc1)/C=N/NC(=O)c1cc(-c2ccc(C)cc2)n[nH]1. The summed E-state index contributed by atoms with van der Waals surface area (Å²) >= 11 is 0. The van der Waals surface area contributed by atoms with Gasteiger partial charge in [0.25, 0.3) is 5.91 Å². The van der Waals surface area contributed by atoms with E-state index >= 15 is 0 Å². The first-order chi connectivity index (χ1) is 12.6. The number of hydrazone groups is 1. The minimum atomic E-state index is -0.334. The number of aromatic amines is 1. The smallest absolute Gasteiger partial charge is 0.272 e. The second-order valence-electron chi connectivity index (χ2n) is 6.03. The van der Waals surface area contributed by atoms with Crippen molar-refractivity contribution in [3.8, 4) is 11.3 Å². The number of carbonyl (C=O) groups excluding carboxylic acids is 1.